The van der Waals surface area contributed by atoms with Crippen LogP contribution in [-0.2, 0) is 16.8 Å². The topological polar surface area (TPSA) is 50.8 Å². The van der Waals surface area contributed by atoms with E-state index in [-0.39, 0.29) is 11.3 Å². The van der Waals surface area contributed by atoms with Gasteiger partial charge in [0.05, 0.1) is 6.61 Å². The Hall–Kier alpha value is -3.44. The molecule has 0 bridgehead atoms. The monoisotopic (exact) mass is 502 g/mol. The second-order valence-corrected chi connectivity index (χ2v) is 10.1. The lowest BCUT2D eigenvalue weighted by molar-refractivity contribution is -0.124. The summed E-state index contributed by atoms with van der Waals surface area (Å²) in [4.78, 5) is 15.0. The minimum atomic E-state index is -0.656. The molecule has 0 spiro atoms. The van der Waals surface area contributed by atoms with Crippen molar-refractivity contribution in [3.05, 3.63) is 94.5 Å². The molecule has 0 aromatic heterocycles. The zero-order valence-corrected chi connectivity index (χ0v) is 21.6. The summed E-state index contributed by atoms with van der Waals surface area (Å²) in [6.45, 7) is 7.89. The Morgan fingerprint density at radius 2 is 1.81 bits per heavy atom. The van der Waals surface area contributed by atoms with Crippen LogP contribution in [0, 0.1) is 0 Å². The van der Waals surface area contributed by atoms with Gasteiger partial charge in [-0.25, -0.2) is 0 Å². The van der Waals surface area contributed by atoms with Gasteiger partial charge in [-0.05, 0) is 48.4 Å². The van der Waals surface area contributed by atoms with Gasteiger partial charge in [0, 0.05) is 34.7 Å². The predicted octanol–water partition coefficient (Wildman–Crippen LogP) is 6.34. The molecule has 0 radical (unpaired) electrons. The highest BCUT2D eigenvalue weighted by molar-refractivity contribution is 6.31. The highest BCUT2D eigenvalue weighted by atomic mass is 35.5. The number of fused-ring (bicyclic) bond motifs is 3. The van der Waals surface area contributed by atoms with Crippen molar-refractivity contribution in [3.8, 4) is 11.5 Å². The van der Waals surface area contributed by atoms with Gasteiger partial charge in [-0.2, -0.15) is 0 Å². The summed E-state index contributed by atoms with van der Waals surface area (Å²) >= 11 is 6.29. The molecule has 5 rings (SSSR count). The minimum Gasteiger partial charge on any atom is -0.490 e. The average molecular weight is 503 g/mol. The normalized spacial score (nSPS) is 20.1. The van der Waals surface area contributed by atoms with Gasteiger partial charge in [-0.3, -0.25) is 4.79 Å². The Morgan fingerprint density at radius 3 is 2.61 bits per heavy atom. The van der Waals surface area contributed by atoms with E-state index in [1.165, 1.54) is 11.3 Å². The second kappa shape index (κ2) is 9.55. The van der Waals surface area contributed by atoms with E-state index in [1.807, 2.05) is 49.4 Å². The lowest BCUT2D eigenvalue weighted by atomic mass is 9.74. The summed E-state index contributed by atoms with van der Waals surface area (Å²) in [5.74, 6) is 1.39. The van der Waals surface area contributed by atoms with Gasteiger partial charge in [0.1, 0.15) is 12.3 Å². The van der Waals surface area contributed by atoms with E-state index in [0.717, 1.165) is 11.1 Å². The van der Waals surface area contributed by atoms with Gasteiger partial charge in [0.2, 0.25) is 5.91 Å². The van der Waals surface area contributed by atoms with Gasteiger partial charge in [-0.1, -0.05) is 74.0 Å². The number of amides is 1. The first-order valence-electron chi connectivity index (χ1n) is 12.4. The van der Waals surface area contributed by atoms with Crippen molar-refractivity contribution in [1.82, 2.24) is 5.32 Å². The van der Waals surface area contributed by atoms with E-state index in [1.54, 1.807) is 0 Å². The summed E-state index contributed by atoms with van der Waals surface area (Å²) in [7, 11) is 0. The van der Waals surface area contributed by atoms with Crippen molar-refractivity contribution in [2.75, 3.05) is 18.1 Å². The molecule has 1 fully saturated rings. The summed E-state index contributed by atoms with van der Waals surface area (Å²) in [6, 6.07) is 22.0. The van der Waals surface area contributed by atoms with Gasteiger partial charge in [-0.15, -0.1) is 0 Å². The number of halogens is 1. The SMILES string of the molecule is CCOc1cc(/C=C/[C@@]23NC(=O)CCN2c2ccccc2C3(C)C)ccc1OCc1ccccc1Cl. The summed E-state index contributed by atoms with van der Waals surface area (Å²) < 4.78 is 12.0. The van der Waals surface area contributed by atoms with Crippen molar-refractivity contribution < 1.29 is 14.3 Å². The number of carbonyl (C=O) groups is 1. The molecule has 1 N–H and O–H groups in total. The number of para-hydroxylation sites is 1. The van der Waals surface area contributed by atoms with Crippen LogP contribution in [0.5, 0.6) is 11.5 Å². The van der Waals surface area contributed by atoms with Crippen LogP contribution in [0.4, 0.5) is 5.69 Å². The Labute approximate surface area is 217 Å². The largest absolute Gasteiger partial charge is 0.490 e. The van der Waals surface area contributed by atoms with Gasteiger partial charge < -0.3 is 19.7 Å². The lowest BCUT2D eigenvalue weighted by Crippen LogP contribution is -2.68. The molecule has 1 saturated heterocycles. The number of nitrogens with zero attached hydrogens (tertiary/aromatic N) is 1. The minimum absolute atomic E-state index is 0.0649. The van der Waals surface area contributed by atoms with Crippen LogP contribution < -0.4 is 19.7 Å². The smallest absolute Gasteiger partial charge is 0.223 e. The number of carbonyl (C=O) groups excluding carboxylic acids is 1. The fourth-order valence-corrected chi connectivity index (χ4v) is 5.51. The molecule has 1 atom stereocenters. The van der Waals surface area contributed by atoms with Gasteiger partial charge in [0.25, 0.3) is 0 Å². The third-order valence-electron chi connectivity index (χ3n) is 7.26. The maximum atomic E-state index is 12.6. The van der Waals surface area contributed by atoms with Crippen LogP contribution in [-0.4, -0.2) is 24.7 Å². The first-order chi connectivity index (χ1) is 17.4. The van der Waals surface area contributed by atoms with E-state index in [0.29, 0.717) is 42.7 Å². The third-order valence-corrected chi connectivity index (χ3v) is 7.63. The first-order valence-corrected chi connectivity index (χ1v) is 12.7. The molecule has 1 amide bonds. The maximum Gasteiger partial charge on any atom is 0.223 e. The molecule has 186 valence electrons. The number of rotatable bonds is 7. The van der Waals surface area contributed by atoms with Gasteiger partial charge >= 0.3 is 0 Å². The molecule has 36 heavy (non-hydrogen) atoms. The highest BCUT2D eigenvalue weighted by Crippen LogP contribution is 2.52. The maximum absolute atomic E-state index is 12.6. The summed E-state index contributed by atoms with van der Waals surface area (Å²) in [6.07, 6.45) is 4.66. The van der Waals surface area contributed by atoms with Crippen LogP contribution in [0.1, 0.15) is 43.9 Å². The molecule has 0 aliphatic carbocycles. The quantitative estimate of drug-likeness (QED) is 0.409. The summed E-state index contributed by atoms with van der Waals surface area (Å²) in [5.41, 5.74) is 3.31. The molecular weight excluding hydrogens is 472 g/mol. The molecule has 0 unspecified atom stereocenters. The van der Waals surface area contributed by atoms with E-state index in [2.05, 4.69) is 60.5 Å². The zero-order valence-electron chi connectivity index (χ0n) is 20.9. The van der Waals surface area contributed by atoms with E-state index >= 15 is 0 Å². The van der Waals surface area contributed by atoms with Crippen molar-refractivity contribution in [3.63, 3.8) is 0 Å². The van der Waals surface area contributed by atoms with E-state index in [4.69, 9.17) is 21.1 Å². The van der Waals surface area contributed by atoms with Crippen LogP contribution in [0.15, 0.2) is 72.8 Å². The summed E-state index contributed by atoms with van der Waals surface area (Å²) in [5, 5.41) is 4.00. The molecule has 3 aromatic carbocycles. The fourth-order valence-electron chi connectivity index (χ4n) is 5.32. The predicted molar refractivity (Wildman–Crippen MR) is 145 cm³/mol. The molecule has 2 aliphatic heterocycles. The lowest BCUT2D eigenvalue weighted by Gasteiger charge is -2.49. The van der Waals surface area contributed by atoms with Crippen LogP contribution in [0.2, 0.25) is 5.02 Å². The Kier molecular flexibility index (Phi) is 6.44. The van der Waals surface area contributed by atoms with E-state index in [9.17, 15) is 4.79 Å². The van der Waals surface area contributed by atoms with Crippen LogP contribution in [0.25, 0.3) is 6.08 Å². The standard InChI is InChI=1S/C30H31ClN2O3/c1-4-35-27-19-21(13-14-26(27)36-20-22-9-5-7-11-24(22)31)15-17-30-29(2,3)23-10-6-8-12-25(23)33(30)18-16-28(34)32-30/h5-15,17,19H,4,16,18,20H2,1-3H3,(H,32,34)/b17-15+/t30-/m1/s1. The Bertz CT molecular complexity index is 1320. The molecule has 2 heterocycles. The molecule has 2 aliphatic rings. The van der Waals surface area contributed by atoms with E-state index < -0.39 is 5.66 Å². The Morgan fingerprint density at radius 1 is 1.03 bits per heavy atom. The number of ether oxygens (including phenoxy) is 2. The molecule has 3 aromatic rings. The highest BCUT2D eigenvalue weighted by Gasteiger charge is 2.57. The number of nitrogens with one attached hydrogen (secondary N) is 1. The first kappa shape index (κ1) is 24.3. The molecule has 5 nitrogen and oxygen atoms in total. The Balaban J connectivity index is 1.45. The fraction of sp³-hybridized carbons (Fsp3) is 0.300. The zero-order chi connectivity index (χ0) is 25.3. The van der Waals surface area contributed by atoms with Crippen molar-refractivity contribution in [2.45, 2.75) is 44.9 Å². The van der Waals surface area contributed by atoms with Crippen molar-refractivity contribution in [2.24, 2.45) is 0 Å². The number of anilines is 1. The molecule has 6 heteroatoms. The molecular formula is C30H31ClN2O3. The second-order valence-electron chi connectivity index (χ2n) is 9.71. The van der Waals surface area contributed by atoms with Crippen LogP contribution >= 0.6 is 11.6 Å². The average Bonchev–Trinajstić information content (AvgIpc) is 3.06. The molecule has 0 saturated carbocycles. The van der Waals surface area contributed by atoms with Crippen LogP contribution in [0.3, 0.4) is 0 Å². The van der Waals surface area contributed by atoms with Gasteiger partial charge in [0.15, 0.2) is 11.5 Å². The van der Waals surface area contributed by atoms with Crippen molar-refractivity contribution in [1.29, 1.82) is 0 Å². The van der Waals surface area contributed by atoms with Crippen molar-refractivity contribution >= 4 is 29.3 Å². The number of benzene rings is 3. The number of hydrogen-bond acceptors (Lipinski definition) is 4. The third kappa shape index (κ3) is 4.11. The number of hydrogen-bond donors (Lipinski definition) is 1.